The normalized spacial score (nSPS) is 12.5. The average molecular weight is 277 g/mol. The number of ketones is 1. The van der Waals surface area contributed by atoms with Crippen LogP contribution in [0.1, 0.15) is 26.7 Å². The molecule has 0 heterocycles. The van der Waals surface area contributed by atoms with Crippen LogP contribution in [0.5, 0.6) is 0 Å². The topological polar surface area (TPSA) is 86.6 Å². The van der Waals surface area contributed by atoms with E-state index in [4.69, 9.17) is 10.2 Å². The summed E-state index contributed by atoms with van der Waals surface area (Å²) in [5.74, 6) is 0.782. The van der Waals surface area contributed by atoms with Crippen molar-refractivity contribution < 1.29 is 19.8 Å². The highest BCUT2D eigenvalue weighted by Crippen LogP contribution is 2.05. The van der Waals surface area contributed by atoms with E-state index in [2.05, 4.69) is 5.32 Å². The van der Waals surface area contributed by atoms with Crippen molar-refractivity contribution >= 4 is 23.5 Å². The summed E-state index contributed by atoms with van der Waals surface area (Å²) in [6, 6.07) is 0. The molecule has 0 fully saturated rings. The lowest BCUT2D eigenvalue weighted by Gasteiger charge is -2.07. The van der Waals surface area contributed by atoms with E-state index in [-0.39, 0.29) is 24.2 Å². The van der Waals surface area contributed by atoms with Crippen molar-refractivity contribution in [2.24, 2.45) is 5.92 Å². The maximum absolute atomic E-state index is 11.4. The Kier molecular flexibility index (Phi) is 10.0. The molecule has 18 heavy (non-hydrogen) atoms. The van der Waals surface area contributed by atoms with Gasteiger partial charge in [0.2, 0.25) is 5.91 Å². The molecule has 1 amide bonds. The van der Waals surface area contributed by atoms with E-state index >= 15 is 0 Å². The molecule has 1 atom stereocenters. The number of hydrogen-bond donors (Lipinski definition) is 3. The van der Waals surface area contributed by atoms with E-state index in [1.54, 1.807) is 0 Å². The Morgan fingerprint density at radius 1 is 1.33 bits per heavy atom. The van der Waals surface area contributed by atoms with Gasteiger partial charge in [0.1, 0.15) is 5.78 Å². The molecule has 0 aliphatic carbocycles. The first kappa shape index (κ1) is 17.4. The number of thioether (sulfide) groups is 1. The lowest BCUT2D eigenvalue weighted by Crippen LogP contribution is -2.28. The van der Waals surface area contributed by atoms with Crippen LogP contribution in [0.25, 0.3) is 0 Å². The van der Waals surface area contributed by atoms with Gasteiger partial charge in [-0.15, -0.1) is 0 Å². The Hall–Kier alpha value is -0.590. The highest BCUT2D eigenvalue weighted by Gasteiger charge is 2.08. The van der Waals surface area contributed by atoms with Crippen LogP contribution in [0.3, 0.4) is 0 Å². The minimum absolute atomic E-state index is 0.00268. The monoisotopic (exact) mass is 277 g/mol. The molecule has 1 unspecified atom stereocenters. The van der Waals surface area contributed by atoms with Crippen molar-refractivity contribution in [3.8, 4) is 0 Å². The lowest BCUT2D eigenvalue weighted by atomic mass is 10.2. The fraction of sp³-hybridized carbons (Fsp3) is 0.833. The average Bonchev–Trinajstić information content (AvgIpc) is 2.33. The van der Waals surface area contributed by atoms with Crippen molar-refractivity contribution in [2.75, 3.05) is 24.7 Å². The maximum Gasteiger partial charge on any atom is 0.222 e. The van der Waals surface area contributed by atoms with Gasteiger partial charge >= 0.3 is 0 Å². The third kappa shape index (κ3) is 9.44. The van der Waals surface area contributed by atoms with Gasteiger partial charge in [0.15, 0.2) is 0 Å². The van der Waals surface area contributed by atoms with E-state index in [9.17, 15) is 9.59 Å². The Bertz CT molecular complexity index is 258. The number of aliphatic hydroxyl groups is 2. The summed E-state index contributed by atoms with van der Waals surface area (Å²) in [5.41, 5.74) is 0. The Morgan fingerprint density at radius 2 is 2.00 bits per heavy atom. The molecule has 0 bridgehead atoms. The van der Waals surface area contributed by atoms with E-state index in [1.165, 1.54) is 11.8 Å². The van der Waals surface area contributed by atoms with Gasteiger partial charge in [0, 0.05) is 24.6 Å². The first-order chi connectivity index (χ1) is 8.47. The van der Waals surface area contributed by atoms with Crippen LogP contribution in [-0.2, 0) is 9.59 Å². The van der Waals surface area contributed by atoms with Crippen molar-refractivity contribution in [2.45, 2.75) is 32.8 Å². The van der Waals surface area contributed by atoms with Crippen LogP contribution in [0.15, 0.2) is 0 Å². The van der Waals surface area contributed by atoms with E-state index in [1.807, 2.05) is 13.8 Å². The predicted octanol–water partition coefficient (Wildman–Crippen LogP) is 0.194. The third-order valence-corrected chi connectivity index (χ3v) is 3.39. The summed E-state index contributed by atoms with van der Waals surface area (Å²) >= 11 is 1.32. The second kappa shape index (κ2) is 10.3. The molecule has 0 radical (unpaired) electrons. The summed E-state index contributed by atoms with van der Waals surface area (Å²) in [6.07, 6.45) is 0.314. The van der Waals surface area contributed by atoms with Gasteiger partial charge in [-0.1, -0.05) is 13.8 Å². The zero-order valence-corrected chi connectivity index (χ0v) is 11.8. The van der Waals surface area contributed by atoms with Gasteiger partial charge < -0.3 is 15.5 Å². The van der Waals surface area contributed by atoms with E-state index in [0.717, 1.165) is 0 Å². The van der Waals surface area contributed by atoms with Gasteiger partial charge in [-0.05, 0) is 6.42 Å². The highest BCUT2D eigenvalue weighted by atomic mass is 32.2. The molecule has 0 saturated heterocycles. The van der Waals surface area contributed by atoms with Crippen LogP contribution >= 0.6 is 11.8 Å². The number of Topliss-reactive ketones (excluding diaryl/α,β-unsaturated/α-hetero) is 1. The Balaban J connectivity index is 3.45. The van der Waals surface area contributed by atoms with E-state index in [0.29, 0.717) is 30.9 Å². The molecule has 106 valence electrons. The standard InChI is InChI=1S/C12H23NO4S/c1-9(2)12(17)13-5-3-4-10(15)7-18-8-11(16)6-14/h9,11,14,16H,3-8H2,1-2H3,(H,13,17). The van der Waals surface area contributed by atoms with Gasteiger partial charge in [0.05, 0.1) is 18.5 Å². The predicted molar refractivity (Wildman–Crippen MR) is 72.5 cm³/mol. The zero-order valence-electron chi connectivity index (χ0n) is 11.0. The quantitative estimate of drug-likeness (QED) is 0.496. The molecule has 0 aliphatic heterocycles. The molecular weight excluding hydrogens is 254 g/mol. The van der Waals surface area contributed by atoms with Gasteiger partial charge in [-0.3, -0.25) is 9.59 Å². The number of amides is 1. The van der Waals surface area contributed by atoms with Crippen LogP contribution in [-0.4, -0.2) is 52.7 Å². The molecule has 0 aromatic heterocycles. The summed E-state index contributed by atoms with van der Waals surface area (Å²) < 4.78 is 0. The maximum atomic E-state index is 11.4. The molecule has 0 aliphatic rings. The summed E-state index contributed by atoms with van der Waals surface area (Å²) in [6.45, 7) is 3.89. The molecule has 0 aromatic carbocycles. The molecule has 3 N–H and O–H groups in total. The number of nitrogens with one attached hydrogen (secondary N) is 1. The smallest absolute Gasteiger partial charge is 0.222 e. The van der Waals surface area contributed by atoms with Crippen LogP contribution < -0.4 is 5.32 Å². The molecule has 0 rings (SSSR count). The number of carbonyl (C=O) groups is 2. The van der Waals surface area contributed by atoms with Gasteiger partial charge in [-0.25, -0.2) is 0 Å². The Morgan fingerprint density at radius 3 is 2.56 bits per heavy atom. The fourth-order valence-electron chi connectivity index (χ4n) is 1.13. The second-order valence-electron chi connectivity index (χ2n) is 4.44. The number of carbonyl (C=O) groups excluding carboxylic acids is 2. The lowest BCUT2D eigenvalue weighted by molar-refractivity contribution is -0.124. The highest BCUT2D eigenvalue weighted by molar-refractivity contribution is 7.99. The van der Waals surface area contributed by atoms with Gasteiger partial charge in [0.25, 0.3) is 0 Å². The molecule has 0 saturated carbocycles. The van der Waals surface area contributed by atoms with Gasteiger partial charge in [-0.2, -0.15) is 11.8 Å². The molecule has 0 aromatic rings. The minimum atomic E-state index is -0.756. The van der Waals surface area contributed by atoms with Crippen molar-refractivity contribution in [1.29, 1.82) is 0 Å². The SMILES string of the molecule is CC(C)C(=O)NCCCC(=O)CSCC(O)CO. The molecule has 5 nitrogen and oxygen atoms in total. The van der Waals surface area contributed by atoms with Crippen LogP contribution in [0.2, 0.25) is 0 Å². The molecule has 6 heteroatoms. The molecular formula is C12H23NO4S. The summed E-state index contributed by atoms with van der Waals surface area (Å²) in [5, 5.41) is 20.4. The molecule has 0 spiro atoms. The van der Waals surface area contributed by atoms with Crippen molar-refractivity contribution in [1.82, 2.24) is 5.32 Å². The van der Waals surface area contributed by atoms with Crippen molar-refractivity contribution in [3.63, 3.8) is 0 Å². The Labute approximate surface area is 112 Å². The van der Waals surface area contributed by atoms with Crippen LogP contribution in [0, 0.1) is 5.92 Å². The number of hydrogen-bond acceptors (Lipinski definition) is 5. The second-order valence-corrected chi connectivity index (χ2v) is 5.47. The zero-order chi connectivity index (χ0) is 14.0. The van der Waals surface area contributed by atoms with Crippen LogP contribution in [0.4, 0.5) is 0 Å². The minimum Gasteiger partial charge on any atom is -0.394 e. The number of aliphatic hydroxyl groups excluding tert-OH is 2. The fourth-order valence-corrected chi connectivity index (χ4v) is 2.00. The first-order valence-corrected chi connectivity index (χ1v) is 7.29. The summed E-state index contributed by atoms with van der Waals surface area (Å²) in [4.78, 5) is 22.6. The first-order valence-electron chi connectivity index (χ1n) is 6.13. The largest absolute Gasteiger partial charge is 0.394 e. The van der Waals surface area contributed by atoms with E-state index < -0.39 is 6.10 Å². The van der Waals surface area contributed by atoms with Crippen molar-refractivity contribution in [3.05, 3.63) is 0 Å². The number of rotatable bonds is 10. The summed E-state index contributed by atoms with van der Waals surface area (Å²) in [7, 11) is 0. The third-order valence-electron chi connectivity index (χ3n) is 2.24.